The third-order valence-corrected chi connectivity index (χ3v) is 2.76. The van der Waals surface area contributed by atoms with E-state index in [0.29, 0.717) is 0 Å². The molecule has 2 aromatic rings. The molecule has 0 amide bonds. The second-order valence-corrected chi connectivity index (χ2v) is 4.21. The van der Waals surface area contributed by atoms with Crippen LogP contribution in [0, 0.1) is 6.92 Å². The fourth-order valence-corrected chi connectivity index (χ4v) is 2.34. The zero-order valence-corrected chi connectivity index (χ0v) is 14.1. The third-order valence-electron chi connectivity index (χ3n) is 1.88. The molecule has 0 aliphatic carbocycles. The summed E-state index contributed by atoms with van der Waals surface area (Å²) in [5.74, 6) is 0. The molecule has 1 radical (unpaired) electrons. The average molecular weight is 405 g/mol. The first kappa shape index (κ1) is 18.4. The Morgan fingerprint density at radius 3 is 2.40 bits per heavy atom. The van der Waals surface area contributed by atoms with Gasteiger partial charge in [-0.15, -0.1) is 28.5 Å². The van der Waals surface area contributed by atoms with Crippen LogP contribution in [0.5, 0.6) is 0 Å². The van der Waals surface area contributed by atoms with Gasteiger partial charge in [0, 0.05) is 5.02 Å². The number of benzene rings is 1. The summed E-state index contributed by atoms with van der Waals surface area (Å²) >= 11 is 9.38. The van der Waals surface area contributed by atoms with Crippen molar-refractivity contribution in [2.75, 3.05) is 0 Å². The first-order valence-corrected chi connectivity index (χ1v) is 4.86. The minimum atomic E-state index is 0. The molecule has 0 fully saturated rings. The van der Waals surface area contributed by atoms with Gasteiger partial charge in [-0.25, -0.2) is 0 Å². The van der Waals surface area contributed by atoms with Gasteiger partial charge in [0.15, 0.2) is 0 Å². The van der Waals surface area contributed by atoms with E-state index in [1.54, 1.807) is 0 Å². The Hall–Kier alpha value is 1.06. The largest absolute Gasteiger partial charge is 3.00 e. The summed E-state index contributed by atoms with van der Waals surface area (Å²) in [5, 5.41) is 3.21. The molecule has 0 N–H and O–H groups in total. The van der Waals surface area contributed by atoms with Crippen molar-refractivity contribution < 1.29 is 51.0 Å². The van der Waals surface area contributed by atoms with Crippen LogP contribution in [0.25, 0.3) is 10.8 Å². The molecule has 2 rings (SSSR count). The van der Waals surface area contributed by atoms with Crippen LogP contribution in [0.3, 0.4) is 0 Å². The molecule has 0 heterocycles. The number of fused-ring (bicyclic) bond motifs is 1. The van der Waals surface area contributed by atoms with Crippen molar-refractivity contribution in [1.29, 1.82) is 0 Å². The predicted octanol–water partition coefficient (Wildman–Crippen LogP) is -1.71. The maximum Gasteiger partial charge on any atom is 3.00 e. The zero-order chi connectivity index (χ0) is 8.72. The molecule has 15 heavy (non-hydrogen) atoms. The van der Waals surface area contributed by atoms with Gasteiger partial charge in [-0.1, -0.05) is 34.5 Å². The second-order valence-electron chi connectivity index (χ2n) is 2.92. The Labute approximate surface area is 134 Å². The molecule has 0 atom stereocenters. The van der Waals surface area contributed by atoms with Crippen LogP contribution in [-0.4, -0.2) is 0 Å². The number of hydrogen-bond donors (Lipinski definition) is 0. The molecular formula is C10H7BrCl3Zr. The number of rotatable bonds is 0. The molecule has 0 spiro atoms. The fourth-order valence-electron chi connectivity index (χ4n) is 1.39. The minimum Gasteiger partial charge on any atom is -1.00 e. The van der Waals surface area contributed by atoms with Crippen molar-refractivity contribution in [3.05, 3.63) is 39.3 Å². The molecule has 5 heteroatoms. The summed E-state index contributed by atoms with van der Waals surface area (Å²) in [4.78, 5) is 0. The standard InChI is InChI=1S/C10H7BrCl.2ClH.Zr/c1-6-2-7-4-8(12)5-10(11)9(7)3-6;;;/h2-5H,1H3;2*1H;/q-1;;;+3/p-2. The van der Waals surface area contributed by atoms with Crippen LogP contribution in [0.4, 0.5) is 0 Å². The maximum absolute atomic E-state index is 5.90. The Morgan fingerprint density at radius 1 is 1.20 bits per heavy atom. The first-order valence-electron chi connectivity index (χ1n) is 3.69. The molecule has 2 aromatic carbocycles. The van der Waals surface area contributed by atoms with Gasteiger partial charge in [-0.05, 0) is 10.5 Å². The smallest absolute Gasteiger partial charge is 1.00 e. The molecule has 79 valence electrons. The van der Waals surface area contributed by atoms with Crippen LogP contribution in [0.15, 0.2) is 28.7 Å². The van der Waals surface area contributed by atoms with Gasteiger partial charge in [-0.2, -0.15) is 6.07 Å². The summed E-state index contributed by atoms with van der Waals surface area (Å²) in [7, 11) is 0. The molecule has 0 saturated carbocycles. The third kappa shape index (κ3) is 4.09. The van der Waals surface area contributed by atoms with Crippen LogP contribution < -0.4 is 24.8 Å². The normalized spacial score (nSPS) is 8.73. The molecule has 0 saturated heterocycles. The second kappa shape index (κ2) is 7.40. The predicted molar refractivity (Wildman–Crippen MR) is 57.0 cm³/mol. The monoisotopic (exact) mass is 401 g/mol. The number of hydrogen-bond acceptors (Lipinski definition) is 0. The minimum absolute atomic E-state index is 0. The van der Waals surface area contributed by atoms with Crippen LogP contribution >= 0.6 is 27.5 Å². The van der Waals surface area contributed by atoms with Gasteiger partial charge in [0.05, 0.1) is 0 Å². The zero-order valence-electron chi connectivity index (χ0n) is 7.82. The van der Waals surface area contributed by atoms with E-state index in [-0.39, 0.29) is 51.0 Å². The van der Waals surface area contributed by atoms with Crippen molar-refractivity contribution >= 4 is 38.3 Å². The van der Waals surface area contributed by atoms with Gasteiger partial charge >= 0.3 is 26.2 Å². The Morgan fingerprint density at radius 2 is 1.80 bits per heavy atom. The maximum atomic E-state index is 5.90. The fraction of sp³-hybridized carbons (Fsp3) is 0.100. The molecule has 0 bridgehead atoms. The molecule has 0 nitrogen and oxygen atoms in total. The molecule has 0 aliphatic heterocycles. The van der Waals surface area contributed by atoms with E-state index in [0.717, 1.165) is 9.50 Å². The van der Waals surface area contributed by atoms with Crippen LogP contribution in [0.2, 0.25) is 5.02 Å². The summed E-state index contributed by atoms with van der Waals surface area (Å²) in [5.41, 5.74) is 1.27. The molecular weight excluding hydrogens is 398 g/mol. The summed E-state index contributed by atoms with van der Waals surface area (Å²) in [6.45, 7) is 2.08. The van der Waals surface area contributed by atoms with E-state index in [2.05, 4.69) is 35.0 Å². The van der Waals surface area contributed by atoms with Crippen molar-refractivity contribution in [1.82, 2.24) is 0 Å². The molecule has 0 aliphatic rings. The van der Waals surface area contributed by atoms with Crippen LogP contribution in [0.1, 0.15) is 5.56 Å². The average Bonchev–Trinajstić information content (AvgIpc) is 2.29. The topological polar surface area (TPSA) is 0 Å². The van der Waals surface area contributed by atoms with Gasteiger partial charge in [0.2, 0.25) is 0 Å². The van der Waals surface area contributed by atoms with Crippen molar-refractivity contribution in [2.24, 2.45) is 0 Å². The van der Waals surface area contributed by atoms with Gasteiger partial charge in [0.25, 0.3) is 0 Å². The molecule has 0 aromatic heterocycles. The van der Waals surface area contributed by atoms with E-state index >= 15 is 0 Å². The number of aryl methyl sites for hydroxylation is 1. The summed E-state index contributed by atoms with van der Waals surface area (Å²) in [6.07, 6.45) is 0. The van der Waals surface area contributed by atoms with Crippen LogP contribution in [-0.2, 0) is 26.2 Å². The van der Waals surface area contributed by atoms with Gasteiger partial charge < -0.3 is 24.8 Å². The van der Waals surface area contributed by atoms with Crippen molar-refractivity contribution in [3.8, 4) is 0 Å². The molecule has 0 unspecified atom stereocenters. The van der Waals surface area contributed by atoms with Crippen molar-refractivity contribution in [2.45, 2.75) is 6.92 Å². The van der Waals surface area contributed by atoms with E-state index < -0.39 is 0 Å². The number of halogens is 4. The van der Waals surface area contributed by atoms with Gasteiger partial charge in [0.1, 0.15) is 0 Å². The first-order chi connectivity index (χ1) is 5.66. The van der Waals surface area contributed by atoms with E-state index in [1.807, 2.05) is 12.1 Å². The summed E-state index contributed by atoms with van der Waals surface area (Å²) in [6, 6.07) is 8.18. The Kier molecular flexibility index (Phi) is 9.09. The Bertz CT molecular complexity index is 439. The van der Waals surface area contributed by atoms with E-state index in [4.69, 9.17) is 11.6 Å². The van der Waals surface area contributed by atoms with Gasteiger partial charge in [-0.3, -0.25) is 0 Å². The SMILES string of the molecule is Cc1cc2c(Br)cc(Cl)cc2[cH-]1.[Cl-].[Cl-].[Zr+3]. The Balaban J connectivity index is 0. The van der Waals surface area contributed by atoms with Crippen molar-refractivity contribution in [3.63, 3.8) is 0 Å². The summed E-state index contributed by atoms with van der Waals surface area (Å²) < 4.78 is 1.07. The quantitative estimate of drug-likeness (QED) is 0.459. The van der Waals surface area contributed by atoms with E-state index in [9.17, 15) is 0 Å². The van der Waals surface area contributed by atoms with E-state index in [1.165, 1.54) is 16.3 Å².